The number of benzene rings is 1. The molecule has 0 aliphatic carbocycles. The number of aromatic nitrogens is 1. The van der Waals surface area contributed by atoms with Crippen LogP contribution in [0.25, 0.3) is 0 Å². The third kappa shape index (κ3) is 1.82. The van der Waals surface area contributed by atoms with Gasteiger partial charge < -0.3 is 9.53 Å². The zero-order valence-corrected chi connectivity index (χ0v) is 11.0. The van der Waals surface area contributed by atoms with Gasteiger partial charge in [-0.2, -0.15) is 0 Å². The summed E-state index contributed by atoms with van der Waals surface area (Å²) in [4.78, 5) is 15.8. The summed E-state index contributed by atoms with van der Waals surface area (Å²) in [5, 5.41) is 0. The Hall–Kier alpha value is -2.16. The average Bonchev–Trinajstić information content (AvgIpc) is 2.44. The number of ether oxygens (including phenoxy) is 1. The van der Waals surface area contributed by atoms with Crippen LogP contribution in [0.5, 0.6) is 11.6 Å². The van der Waals surface area contributed by atoms with Crippen LogP contribution in [0.4, 0.5) is 0 Å². The Labute approximate surface area is 112 Å². The SMILES string of the molecule is CC(C)(C=O)C1c2ccccc2Oc2ncccc21. The number of hydrogen-bond acceptors (Lipinski definition) is 3. The topological polar surface area (TPSA) is 39.2 Å². The molecule has 0 bridgehead atoms. The van der Waals surface area contributed by atoms with Crippen LogP contribution in [-0.4, -0.2) is 11.3 Å². The lowest BCUT2D eigenvalue weighted by Crippen LogP contribution is -2.27. The number of fused-ring (bicyclic) bond motifs is 2. The highest BCUT2D eigenvalue weighted by atomic mass is 16.5. The molecule has 1 atom stereocenters. The molecule has 0 spiro atoms. The Kier molecular flexibility index (Phi) is 2.63. The van der Waals surface area contributed by atoms with Gasteiger partial charge >= 0.3 is 0 Å². The zero-order valence-electron chi connectivity index (χ0n) is 11.0. The van der Waals surface area contributed by atoms with Crippen molar-refractivity contribution in [3.8, 4) is 11.6 Å². The molecule has 0 saturated carbocycles. The summed E-state index contributed by atoms with van der Waals surface area (Å²) in [6, 6.07) is 11.7. The Morgan fingerprint density at radius 1 is 1.16 bits per heavy atom. The molecular formula is C16H15NO2. The second-order valence-electron chi connectivity index (χ2n) is 5.41. The average molecular weight is 253 g/mol. The van der Waals surface area contributed by atoms with Gasteiger partial charge in [0.05, 0.1) is 0 Å². The quantitative estimate of drug-likeness (QED) is 0.768. The van der Waals surface area contributed by atoms with Gasteiger partial charge in [0, 0.05) is 28.7 Å². The molecule has 3 heteroatoms. The third-order valence-electron chi connectivity index (χ3n) is 3.60. The van der Waals surface area contributed by atoms with Crippen molar-refractivity contribution < 1.29 is 9.53 Å². The molecule has 3 rings (SSSR count). The Morgan fingerprint density at radius 3 is 2.68 bits per heavy atom. The van der Waals surface area contributed by atoms with Crippen LogP contribution in [0.1, 0.15) is 30.9 Å². The first-order valence-corrected chi connectivity index (χ1v) is 6.31. The van der Waals surface area contributed by atoms with E-state index in [0.717, 1.165) is 23.2 Å². The minimum absolute atomic E-state index is 0.0290. The molecule has 1 aliphatic heterocycles. The highest BCUT2D eigenvalue weighted by Crippen LogP contribution is 2.49. The molecule has 0 radical (unpaired) electrons. The third-order valence-corrected chi connectivity index (χ3v) is 3.60. The van der Waals surface area contributed by atoms with Gasteiger partial charge in [0.2, 0.25) is 5.88 Å². The highest BCUT2D eigenvalue weighted by Gasteiger charge is 2.38. The molecule has 2 heterocycles. The number of para-hydroxylation sites is 1. The molecule has 0 fully saturated rings. The lowest BCUT2D eigenvalue weighted by Gasteiger charge is -2.35. The predicted molar refractivity (Wildman–Crippen MR) is 72.4 cm³/mol. The molecular weight excluding hydrogens is 238 g/mol. The molecule has 0 saturated heterocycles. The van der Waals surface area contributed by atoms with Gasteiger partial charge in [0.15, 0.2) is 0 Å². The number of pyridine rings is 1. The number of carbonyl (C=O) groups excluding carboxylic acids is 1. The lowest BCUT2D eigenvalue weighted by atomic mass is 9.71. The van der Waals surface area contributed by atoms with E-state index in [0.29, 0.717) is 5.88 Å². The first kappa shape index (κ1) is 11.9. The normalized spacial score (nSPS) is 17.1. The van der Waals surface area contributed by atoms with E-state index in [1.807, 2.05) is 50.2 Å². The molecule has 2 aromatic rings. The zero-order chi connectivity index (χ0) is 13.5. The van der Waals surface area contributed by atoms with Gasteiger partial charge in [-0.05, 0) is 12.1 Å². The van der Waals surface area contributed by atoms with Gasteiger partial charge in [-0.3, -0.25) is 0 Å². The second-order valence-corrected chi connectivity index (χ2v) is 5.41. The Bertz CT molecular complexity index is 589. The Morgan fingerprint density at radius 2 is 1.89 bits per heavy atom. The molecule has 0 N–H and O–H groups in total. The van der Waals surface area contributed by atoms with Crippen LogP contribution in [0.15, 0.2) is 42.6 Å². The van der Waals surface area contributed by atoms with Crippen LogP contribution in [0.2, 0.25) is 0 Å². The largest absolute Gasteiger partial charge is 0.438 e. The van der Waals surface area contributed by atoms with Gasteiger partial charge in [-0.15, -0.1) is 0 Å². The van der Waals surface area contributed by atoms with Crippen molar-refractivity contribution in [1.29, 1.82) is 0 Å². The van der Waals surface area contributed by atoms with Gasteiger partial charge in [0.1, 0.15) is 12.0 Å². The molecule has 19 heavy (non-hydrogen) atoms. The van der Waals surface area contributed by atoms with E-state index < -0.39 is 5.41 Å². The summed E-state index contributed by atoms with van der Waals surface area (Å²) in [7, 11) is 0. The number of rotatable bonds is 2. The second kappa shape index (κ2) is 4.19. The summed E-state index contributed by atoms with van der Waals surface area (Å²) in [5.74, 6) is 1.36. The lowest BCUT2D eigenvalue weighted by molar-refractivity contribution is -0.115. The van der Waals surface area contributed by atoms with E-state index >= 15 is 0 Å². The number of hydrogen-bond donors (Lipinski definition) is 0. The highest BCUT2D eigenvalue weighted by molar-refractivity contribution is 5.65. The maximum absolute atomic E-state index is 11.5. The van der Waals surface area contributed by atoms with Crippen LogP contribution >= 0.6 is 0 Å². The van der Waals surface area contributed by atoms with E-state index in [4.69, 9.17) is 4.74 Å². The summed E-state index contributed by atoms with van der Waals surface area (Å²) >= 11 is 0. The van der Waals surface area contributed by atoms with E-state index in [-0.39, 0.29) is 5.92 Å². The van der Waals surface area contributed by atoms with Crippen molar-refractivity contribution in [2.75, 3.05) is 0 Å². The van der Waals surface area contributed by atoms with Crippen molar-refractivity contribution in [3.63, 3.8) is 0 Å². The summed E-state index contributed by atoms with van der Waals surface area (Å²) in [5.41, 5.74) is 1.51. The van der Waals surface area contributed by atoms with E-state index in [2.05, 4.69) is 4.98 Å². The van der Waals surface area contributed by atoms with Crippen molar-refractivity contribution in [3.05, 3.63) is 53.7 Å². The van der Waals surface area contributed by atoms with Crippen LogP contribution < -0.4 is 4.74 Å². The fourth-order valence-corrected chi connectivity index (χ4v) is 2.66. The summed E-state index contributed by atoms with van der Waals surface area (Å²) in [6.45, 7) is 3.90. The fraction of sp³-hybridized carbons (Fsp3) is 0.250. The molecule has 3 nitrogen and oxygen atoms in total. The first-order valence-electron chi connectivity index (χ1n) is 6.31. The number of carbonyl (C=O) groups is 1. The van der Waals surface area contributed by atoms with Crippen molar-refractivity contribution in [2.45, 2.75) is 19.8 Å². The van der Waals surface area contributed by atoms with Gasteiger partial charge in [-0.25, -0.2) is 4.98 Å². The van der Waals surface area contributed by atoms with Crippen LogP contribution in [0.3, 0.4) is 0 Å². The van der Waals surface area contributed by atoms with Crippen LogP contribution in [0, 0.1) is 5.41 Å². The minimum Gasteiger partial charge on any atom is -0.438 e. The molecule has 1 unspecified atom stereocenters. The Balaban J connectivity index is 2.25. The van der Waals surface area contributed by atoms with Crippen molar-refractivity contribution >= 4 is 6.29 Å². The predicted octanol–water partition coefficient (Wildman–Crippen LogP) is 3.54. The van der Waals surface area contributed by atoms with Crippen molar-refractivity contribution in [2.24, 2.45) is 5.41 Å². The maximum Gasteiger partial charge on any atom is 0.223 e. The summed E-state index contributed by atoms with van der Waals surface area (Å²) < 4.78 is 5.82. The van der Waals surface area contributed by atoms with Gasteiger partial charge in [0.25, 0.3) is 0 Å². The van der Waals surface area contributed by atoms with Gasteiger partial charge in [-0.1, -0.05) is 38.1 Å². The van der Waals surface area contributed by atoms with Crippen LogP contribution in [-0.2, 0) is 4.79 Å². The first-order chi connectivity index (χ1) is 9.13. The van der Waals surface area contributed by atoms with E-state index in [1.165, 1.54) is 0 Å². The number of nitrogens with zero attached hydrogens (tertiary/aromatic N) is 1. The molecule has 0 amide bonds. The number of aldehydes is 1. The fourth-order valence-electron chi connectivity index (χ4n) is 2.66. The van der Waals surface area contributed by atoms with E-state index in [1.54, 1.807) is 6.20 Å². The van der Waals surface area contributed by atoms with Crippen molar-refractivity contribution in [1.82, 2.24) is 4.98 Å². The minimum atomic E-state index is -0.502. The molecule has 96 valence electrons. The smallest absolute Gasteiger partial charge is 0.223 e. The van der Waals surface area contributed by atoms with E-state index in [9.17, 15) is 4.79 Å². The molecule has 1 aromatic carbocycles. The maximum atomic E-state index is 11.5. The standard InChI is InChI=1S/C16H15NO2/c1-16(2,10-18)14-11-6-3-4-8-13(11)19-15-12(14)7-5-9-17-15/h3-10,14H,1-2H3. The molecule has 1 aliphatic rings. The monoisotopic (exact) mass is 253 g/mol. The molecule has 1 aromatic heterocycles. The summed E-state index contributed by atoms with van der Waals surface area (Å²) in [6.07, 6.45) is 2.72.